The number of sulfone groups is 1. The van der Waals surface area contributed by atoms with Gasteiger partial charge >= 0.3 is 6.09 Å². The molecule has 3 atom stereocenters. The lowest BCUT2D eigenvalue weighted by Crippen LogP contribution is -2.57. The second-order valence-electron chi connectivity index (χ2n) is 11.1. The van der Waals surface area contributed by atoms with Gasteiger partial charge in [-0.25, -0.2) is 13.2 Å². The van der Waals surface area contributed by atoms with E-state index in [9.17, 15) is 23.1 Å². The number of rotatable bonds is 13. The van der Waals surface area contributed by atoms with Crippen LogP contribution in [0.1, 0.15) is 52.2 Å². The highest BCUT2D eigenvalue weighted by atomic mass is 32.2. The van der Waals surface area contributed by atoms with Crippen molar-refractivity contribution in [2.75, 3.05) is 6.54 Å². The third-order valence-corrected chi connectivity index (χ3v) is 8.50. The minimum atomic E-state index is -3.84. The number of nitrogens with one attached hydrogen (secondary N) is 2. The summed E-state index contributed by atoms with van der Waals surface area (Å²) in [6.07, 6.45) is -1.25. The van der Waals surface area contributed by atoms with Crippen molar-refractivity contribution in [1.82, 2.24) is 10.6 Å². The van der Waals surface area contributed by atoms with Gasteiger partial charge in [-0.1, -0.05) is 82.2 Å². The van der Waals surface area contributed by atoms with Crippen LogP contribution in [0.3, 0.4) is 0 Å². The zero-order valence-electron chi connectivity index (χ0n) is 23.5. The molecule has 2 aromatic rings. The first-order valence-corrected chi connectivity index (χ1v) is 14.4. The molecule has 0 aliphatic heterocycles. The van der Waals surface area contributed by atoms with Crippen molar-refractivity contribution in [3.63, 3.8) is 0 Å². The molecular weight excluding hydrogens is 536 g/mol. The van der Waals surface area contributed by atoms with Crippen LogP contribution in [0, 0.1) is 11.3 Å². The average molecular weight is 577 g/mol. The maximum atomic E-state index is 13.4. The molecule has 0 saturated carbocycles. The van der Waals surface area contributed by atoms with Crippen molar-refractivity contribution in [2.24, 2.45) is 22.2 Å². The fourth-order valence-electron chi connectivity index (χ4n) is 4.25. The summed E-state index contributed by atoms with van der Waals surface area (Å²) >= 11 is 0. The second kappa shape index (κ2) is 13.7. The van der Waals surface area contributed by atoms with E-state index < -0.39 is 44.5 Å². The van der Waals surface area contributed by atoms with Gasteiger partial charge < -0.3 is 31.4 Å². The Hall–Kier alpha value is -3.48. The molecule has 11 nitrogen and oxygen atoms in total. The Bertz CT molecular complexity index is 1260. The van der Waals surface area contributed by atoms with Crippen LogP contribution in [0.4, 0.5) is 4.79 Å². The van der Waals surface area contributed by atoms with Gasteiger partial charge in [-0.2, -0.15) is 0 Å². The lowest BCUT2D eigenvalue weighted by molar-refractivity contribution is -0.143. The van der Waals surface area contributed by atoms with Crippen molar-refractivity contribution in [1.29, 1.82) is 0 Å². The number of hydrogen-bond acceptors (Lipinski definition) is 9. The van der Waals surface area contributed by atoms with Crippen LogP contribution in [0.15, 0.2) is 64.6 Å². The minimum absolute atomic E-state index is 0.0155. The van der Waals surface area contributed by atoms with E-state index >= 15 is 0 Å². The molecule has 2 rings (SSSR count). The molecular formula is C28H40N4O7S. The second-order valence-corrected chi connectivity index (χ2v) is 13.2. The fourth-order valence-corrected chi connectivity index (χ4v) is 6.11. The molecule has 6 N–H and O–H groups in total. The molecule has 0 saturated heterocycles. The van der Waals surface area contributed by atoms with Crippen LogP contribution >= 0.6 is 0 Å². The van der Waals surface area contributed by atoms with Gasteiger partial charge in [0.2, 0.25) is 0 Å². The highest BCUT2D eigenvalue weighted by Gasteiger charge is 2.39. The van der Waals surface area contributed by atoms with Crippen molar-refractivity contribution in [3.05, 3.63) is 65.7 Å². The van der Waals surface area contributed by atoms with Gasteiger partial charge in [0.25, 0.3) is 5.91 Å². The van der Waals surface area contributed by atoms with Crippen molar-refractivity contribution in [2.45, 2.75) is 69.6 Å². The number of hydrogen-bond donors (Lipinski definition) is 5. The zero-order valence-corrected chi connectivity index (χ0v) is 24.3. The smallest absolute Gasteiger partial charge is 0.405 e. The van der Waals surface area contributed by atoms with Crippen LogP contribution in [0.25, 0.3) is 0 Å². The third kappa shape index (κ3) is 9.32. The Balaban J connectivity index is 2.28. The summed E-state index contributed by atoms with van der Waals surface area (Å²) in [5.41, 5.74) is 3.81. The van der Waals surface area contributed by atoms with Gasteiger partial charge in [0.1, 0.15) is 11.1 Å². The minimum Gasteiger partial charge on any atom is -0.436 e. The Morgan fingerprint density at radius 1 is 1.07 bits per heavy atom. The van der Waals surface area contributed by atoms with E-state index in [0.29, 0.717) is 5.56 Å². The van der Waals surface area contributed by atoms with Gasteiger partial charge in [-0.15, -0.1) is 0 Å². The summed E-state index contributed by atoms with van der Waals surface area (Å²) in [5, 5.41) is 27.9. The van der Waals surface area contributed by atoms with Crippen molar-refractivity contribution in [3.8, 4) is 0 Å². The van der Waals surface area contributed by atoms with Crippen LogP contribution < -0.4 is 16.4 Å². The number of nitrogens with zero attached hydrogens (tertiary/aromatic N) is 1. The van der Waals surface area contributed by atoms with E-state index in [2.05, 4.69) is 15.8 Å². The molecule has 220 valence electrons. The first kappa shape index (κ1) is 32.7. The maximum absolute atomic E-state index is 13.4. The molecule has 12 heteroatoms. The Labute approximate surface area is 235 Å². The summed E-state index contributed by atoms with van der Waals surface area (Å²) in [4.78, 5) is 24.8. The number of primary amides is 1. The van der Waals surface area contributed by atoms with E-state index in [0.717, 1.165) is 5.56 Å². The standard InChI is InChI=1S/C28H40N4O7S/c1-19(2)25(40(37,38)22-13-11-21(12-14-22)18-31-36)30-16-15-28(35,17-20-9-7-6-8-10-20)32-24(33)23(27(3,4)5)39-26(29)34/h6-14,18-19,23,25,30,35-36H,15-17H2,1-5H3,(H2,29,34)(H,32,33)/b31-18+/t23-,25+,28-/m1/s1. The largest absolute Gasteiger partial charge is 0.436 e. The molecule has 40 heavy (non-hydrogen) atoms. The molecule has 2 aromatic carbocycles. The number of amides is 2. The molecule has 0 radical (unpaired) electrons. The summed E-state index contributed by atoms with van der Waals surface area (Å²) in [6, 6.07) is 14.9. The van der Waals surface area contributed by atoms with Gasteiger partial charge in [-0.3, -0.25) is 4.79 Å². The van der Waals surface area contributed by atoms with Crippen LogP contribution in [-0.2, 0) is 25.8 Å². The van der Waals surface area contributed by atoms with Gasteiger partial charge in [0.05, 0.1) is 11.1 Å². The molecule has 2 amide bonds. The zero-order chi connectivity index (χ0) is 30.1. The van der Waals surface area contributed by atoms with E-state index in [1.807, 2.05) is 6.07 Å². The topological polar surface area (TPSA) is 180 Å². The first-order chi connectivity index (χ1) is 18.6. The molecule has 0 heterocycles. The van der Waals surface area contributed by atoms with E-state index in [-0.39, 0.29) is 30.2 Å². The molecule has 0 aromatic heterocycles. The van der Waals surface area contributed by atoms with Crippen LogP contribution in [-0.4, -0.2) is 60.7 Å². The highest BCUT2D eigenvalue weighted by Crippen LogP contribution is 2.25. The molecule has 0 aliphatic rings. The number of nitrogens with two attached hydrogens (primary N) is 1. The molecule has 0 bridgehead atoms. The monoisotopic (exact) mass is 576 g/mol. The summed E-state index contributed by atoms with van der Waals surface area (Å²) in [6.45, 7) is 8.62. The Morgan fingerprint density at radius 3 is 2.17 bits per heavy atom. The third-order valence-electron chi connectivity index (χ3n) is 6.19. The van der Waals surface area contributed by atoms with Crippen LogP contribution in [0.5, 0.6) is 0 Å². The predicted octanol–water partition coefficient (Wildman–Crippen LogP) is 2.79. The fraction of sp³-hybridized carbons (Fsp3) is 0.464. The molecule has 0 fully saturated rings. The summed E-state index contributed by atoms with van der Waals surface area (Å²) in [7, 11) is -3.84. The number of ether oxygens (including phenoxy) is 1. The maximum Gasteiger partial charge on any atom is 0.405 e. The van der Waals surface area contributed by atoms with Crippen molar-refractivity contribution < 1.29 is 33.1 Å². The predicted molar refractivity (Wildman–Crippen MR) is 151 cm³/mol. The van der Waals surface area contributed by atoms with E-state index in [1.54, 1.807) is 58.9 Å². The van der Waals surface area contributed by atoms with Crippen LogP contribution in [0.2, 0.25) is 0 Å². The number of oxime groups is 1. The lowest BCUT2D eigenvalue weighted by atomic mass is 9.87. The lowest BCUT2D eigenvalue weighted by Gasteiger charge is -2.35. The van der Waals surface area contributed by atoms with Gasteiger partial charge in [0, 0.05) is 24.8 Å². The summed E-state index contributed by atoms with van der Waals surface area (Å²) < 4.78 is 31.9. The Kier molecular flexibility index (Phi) is 11.2. The van der Waals surface area contributed by atoms with Gasteiger partial charge in [-0.05, 0) is 29.2 Å². The Morgan fingerprint density at radius 2 is 1.68 bits per heavy atom. The highest BCUT2D eigenvalue weighted by molar-refractivity contribution is 7.92. The molecule has 0 unspecified atom stereocenters. The normalized spacial score (nSPS) is 15.4. The molecule has 0 aliphatic carbocycles. The summed E-state index contributed by atoms with van der Waals surface area (Å²) in [5.74, 6) is -1.07. The number of carbonyl (C=O) groups excluding carboxylic acids is 2. The molecule has 0 spiro atoms. The number of carbonyl (C=O) groups is 2. The quantitative estimate of drug-likeness (QED) is 0.104. The van der Waals surface area contributed by atoms with Gasteiger partial charge in [0.15, 0.2) is 15.9 Å². The van der Waals surface area contributed by atoms with E-state index in [4.69, 9.17) is 15.7 Å². The first-order valence-electron chi connectivity index (χ1n) is 12.9. The van der Waals surface area contributed by atoms with E-state index in [1.165, 1.54) is 30.5 Å². The average Bonchev–Trinajstić information content (AvgIpc) is 2.85. The van der Waals surface area contributed by atoms with Crippen molar-refractivity contribution >= 4 is 28.1 Å². The SMILES string of the molecule is CC(C)[C@@H](NCC[C@@](O)(Cc1ccccc1)NC(=O)[C@@H](OC(N)=O)C(C)(C)C)S(=O)(=O)c1ccc(/C=N/O)cc1. The number of benzene rings is 2. The number of aliphatic hydroxyl groups is 1.